The first-order chi connectivity index (χ1) is 15.0. The van der Waals surface area contributed by atoms with Crippen LogP contribution in [0.15, 0.2) is 77.3 Å². The van der Waals surface area contributed by atoms with E-state index in [0.29, 0.717) is 23.5 Å². The van der Waals surface area contributed by atoms with Gasteiger partial charge >= 0.3 is 0 Å². The number of amides is 2. The second kappa shape index (κ2) is 10.8. The van der Waals surface area contributed by atoms with Crippen molar-refractivity contribution in [1.82, 2.24) is 0 Å². The summed E-state index contributed by atoms with van der Waals surface area (Å²) in [6, 6.07) is 22.2. The van der Waals surface area contributed by atoms with Gasteiger partial charge in [-0.05, 0) is 71.2 Å². The van der Waals surface area contributed by atoms with Gasteiger partial charge in [-0.2, -0.15) is 0 Å². The molecule has 0 heterocycles. The Hall–Kier alpha value is -3.12. The van der Waals surface area contributed by atoms with Crippen molar-refractivity contribution in [2.24, 2.45) is 0 Å². The van der Waals surface area contributed by atoms with Crippen LogP contribution in [0.3, 0.4) is 0 Å². The standard InChI is InChI=1S/C25H25BrN2O3/c1-3-18-14-15-23(21(26)16-18)31-17-24(29)27-22-13-9-8-12-20(22)25(30)28(4-2)19-10-6-5-7-11-19/h5-16H,3-4,17H2,1-2H3,(H,27,29). The van der Waals surface area contributed by atoms with Crippen LogP contribution in [0, 0.1) is 0 Å². The van der Waals surface area contributed by atoms with Crippen molar-refractivity contribution in [3.8, 4) is 5.75 Å². The number of rotatable bonds is 8. The molecule has 3 aromatic rings. The van der Waals surface area contributed by atoms with Crippen molar-refractivity contribution in [2.75, 3.05) is 23.4 Å². The largest absolute Gasteiger partial charge is 0.483 e. The topological polar surface area (TPSA) is 58.6 Å². The van der Waals surface area contributed by atoms with Gasteiger partial charge in [-0.15, -0.1) is 0 Å². The second-order valence-electron chi connectivity index (χ2n) is 6.89. The maximum absolute atomic E-state index is 13.2. The fourth-order valence-electron chi connectivity index (χ4n) is 3.19. The number of anilines is 2. The summed E-state index contributed by atoms with van der Waals surface area (Å²) in [6.45, 7) is 4.34. The summed E-state index contributed by atoms with van der Waals surface area (Å²) in [5, 5.41) is 2.81. The van der Waals surface area contributed by atoms with Crippen LogP contribution >= 0.6 is 15.9 Å². The van der Waals surface area contributed by atoms with Crippen molar-refractivity contribution in [1.29, 1.82) is 0 Å². The zero-order valence-corrected chi connectivity index (χ0v) is 19.2. The highest BCUT2D eigenvalue weighted by Gasteiger charge is 2.20. The average Bonchev–Trinajstić information content (AvgIpc) is 2.79. The highest BCUT2D eigenvalue weighted by atomic mass is 79.9. The van der Waals surface area contributed by atoms with Crippen LogP contribution < -0.4 is 15.0 Å². The van der Waals surface area contributed by atoms with Crippen LogP contribution in [0.1, 0.15) is 29.8 Å². The van der Waals surface area contributed by atoms with Crippen LogP contribution in [-0.4, -0.2) is 25.0 Å². The number of nitrogens with zero attached hydrogens (tertiary/aromatic N) is 1. The van der Waals surface area contributed by atoms with E-state index in [1.807, 2.05) is 55.5 Å². The molecule has 1 N–H and O–H groups in total. The summed E-state index contributed by atoms with van der Waals surface area (Å²) in [5.41, 5.74) is 2.86. The highest BCUT2D eigenvalue weighted by molar-refractivity contribution is 9.10. The van der Waals surface area contributed by atoms with Gasteiger partial charge in [-0.1, -0.05) is 43.3 Å². The van der Waals surface area contributed by atoms with E-state index in [4.69, 9.17) is 4.74 Å². The summed E-state index contributed by atoms with van der Waals surface area (Å²) in [4.78, 5) is 27.4. The van der Waals surface area contributed by atoms with Gasteiger partial charge in [0.05, 0.1) is 15.7 Å². The van der Waals surface area contributed by atoms with Crippen molar-refractivity contribution in [3.63, 3.8) is 0 Å². The summed E-state index contributed by atoms with van der Waals surface area (Å²) in [7, 11) is 0. The first-order valence-corrected chi connectivity index (χ1v) is 11.0. The van der Waals surface area contributed by atoms with Gasteiger partial charge in [-0.3, -0.25) is 9.59 Å². The molecule has 0 atom stereocenters. The Morgan fingerprint density at radius 3 is 2.35 bits per heavy atom. The molecule has 6 heteroatoms. The Morgan fingerprint density at radius 1 is 0.968 bits per heavy atom. The van der Waals surface area contributed by atoms with Crippen molar-refractivity contribution in [2.45, 2.75) is 20.3 Å². The molecule has 0 saturated heterocycles. The third-order valence-electron chi connectivity index (χ3n) is 4.82. The van der Waals surface area contributed by atoms with Crippen molar-refractivity contribution >= 4 is 39.1 Å². The van der Waals surface area contributed by atoms with Crippen molar-refractivity contribution < 1.29 is 14.3 Å². The molecule has 0 aliphatic rings. The number of carbonyl (C=O) groups is 2. The normalized spacial score (nSPS) is 10.4. The molecule has 31 heavy (non-hydrogen) atoms. The average molecular weight is 481 g/mol. The number of carbonyl (C=O) groups excluding carboxylic acids is 2. The molecule has 3 aromatic carbocycles. The minimum absolute atomic E-state index is 0.164. The lowest BCUT2D eigenvalue weighted by Crippen LogP contribution is -2.32. The minimum Gasteiger partial charge on any atom is -0.483 e. The predicted octanol–water partition coefficient (Wildman–Crippen LogP) is 5.70. The number of ether oxygens (including phenoxy) is 1. The number of para-hydroxylation sites is 2. The first kappa shape index (κ1) is 22.6. The number of halogens is 1. The van der Waals surface area contributed by atoms with Crippen LogP contribution in [0.5, 0.6) is 5.75 Å². The maximum atomic E-state index is 13.2. The van der Waals surface area contributed by atoms with E-state index in [-0.39, 0.29) is 18.4 Å². The van der Waals surface area contributed by atoms with Gasteiger partial charge < -0.3 is 15.0 Å². The minimum atomic E-state index is -0.338. The molecule has 0 aliphatic carbocycles. The molecule has 0 fully saturated rings. The molecule has 2 amide bonds. The molecular formula is C25H25BrN2O3. The Labute approximate surface area is 191 Å². The Bertz CT molecular complexity index is 1050. The van der Waals surface area contributed by atoms with E-state index in [9.17, 15) is 9.59 Å². The Morgan fingerprint density at radius 2 is 1.68 bits per heavy atom. The lowest BCUT2D eigenvalue weighted by atomic mass is 10.1. The number of benzene rings is 3. The molecule has 0 spiro atoms. The number of nitrogens with one attached hydrogen (secondary N) is 1. The van der Waals surface area contributed by atoms with E-state index in [0.717, 1.165) is 16.6 Å². The zero-order chi connectivity index (χ0) is 22.2. The monoisotopic (exact) mass is 480 g/mol. The number of hydrogen-bond acceptors (Lipinski definition) is 3. The van der Waals surface area contributed by atoms with E-state index in [1.54, 1.807) is 29.2 Å². The molecule has 0 aromatic heterocycles. The lowest BCUT2D eigenvalue weighted by Gasteiger charge is -2.22. The van der Waals surface area contributed by atoms with Gasteiger partial charge in [0.2, 0.25) is 0 Å². The zero-order valence-electron chi connectivity index (χ0n) is 17.6. The van der Waals surface area contributed by atoms with Crippen LogP contribution in [0.4, 0.5) is 11.4 Å². The first-order valence-electron chi connectivity index (χ1n) is 10.2. The maximum Gasteiger partial charge on any atom is 0.262 e. The third-order valence-corrected chi connectivity index (χ3v) is 5.44. The van der Waals surface area contributed by atoms with Gasteiger partial charge in [-0.25, -0.2) is 0 Å². The molecule has 0 unspecified atom stereocenters. The molecule has 5 nitrogen and oxygen atoms in total. The second-order valence-corrected chi connectivity index (χ2v) is 7.74. The van der Waals surface area contributed by atoms with E-state index >= 15 is 0 Å². The SMILES string of the molecule is CCc1ccc(OCC(=O)Nc2ccccc2C(=O)N(CC)c2ccccc2)c(Br)c1. The van der Waals surface area contributed by atoms with Crippen LogP contribution in [0.25, 0.3) is 0 Å². The predicted molar refractivity (Wildman–Crippen MR) is 128 cm³/mol. The quantitative estimate of drug-likeness (QED) is 0.450. The number of hydrogen-bond donors (Lipinski definition) is 1. The van der Waals surface area contributed by atoms with Crippen molar-refractivity contribution in [3.05, 3.63) is 88.4 Å². The van der Waals surface area contributed by atoms with Gasteiger partial charge in [0, 0.05) is 12.2 Å². The summed E-state index contributed by atoms with van der Waals surface area (Å²) in [6.07, 6.45) is 0.919. The van der Waals surface area contributed by atoms with E-state index < -0.39 is 0 Å². The Balaban J connectivity index is 1.71. The summed E-state index contributed by atoms with van der Waals surface area (Å²) in [5.74, 6) is 0.0795. The molecule has 160 valence electrons. The van der Waals surface area contributed by atoms with Crippen LogP contribution in [-0.2, 0) is 11.2 Å². The Kier molecular flexibility index (Phi) is 7.84. The fourth-order valence-corrected chi connectivity index (χ4v) is 3.73. The highest BCUT2D eigenvalue weighted by Crippen LogP contribution is 2.26. The van der Waals surface area contributed by atoms with Gasteiger partial charge in [0.15, 0.2) is 6.61 Å². The molecular weight excluding hydrogens is 456 g/mol. The van der Waals surface area contributed by atoms with Gasteiger partial charge in [0.25, 0.3) is 11.8 Å². The molecule has 0 bridgehead atoms. The third kappa shape index (κ3) is 5.73. The smallest absolute Gasteiger partial charge is 0.262 e. The van der Waals surface area contributed by atoms with Crippen LogP contribution in [0.2, 0.25) is 0 Å². The summed E-state index contributed by atoms with van der Waals surface area (Å²) < 4.78 is 6.46. The lowest BCUT2D eigenvalue weighted by molar-refractivity contribution is -0.118. The molecule has 3 rings (SSSR count). The number of aryl methyl sites for hydroxylation is 1. The van der Waals surface area contributed by atoms with Gasteiger partial charge in [0.1, 0.15) is 5.75 Å². The summed E-state index contributed by atoms with van der Waals surface area (Å²) >= 11 is 3.47. The van der Waals surface area contributed by atoms with E-state index in [2.05, 4.69) is 28.2 Å². The fraction of sp³-hybridized carbons (Fsp3) is 0.200. The molecule has 0 aliphatic heterocycles. The molecule has 0 radical (unpaired) electrons. The van der Waals surface area contributed by atoms with E-state index in [1.165, 1.54) is 5.56 Å². The molecule has 0 saturated carbocycles.